The van der Waals surface area contributed by atoms with Crippen molar-refractivity contribution in [2.45, 2.75) is 20.8 Å². The normalized spacial score (nSPS) is 11.7. The maximum absolute atomic E-state index is 12.1. The van der Waals surface area contributed by atoms with Crippen molar-refractivity contribution in [3.05, 3.63) is 41.0 Å². The summed E-state index contributed by atoms with van der Waals surface area (Å²) in [4.78, 5) is 23.4. The molecule has 0 unspecified atom stereocenters. The highest BCUT2D eigenvalue weighted by Crippen LogP contribution is 2.21. The van der Waals surface area contributed by atoms with Crippen molar-refractivity contribution in [3.8, 4) is 6.07 Å². The van der Waals surface area contributed by atoms with E-state index in [0.717, 1.165) is 0 Å². The van der Waals surface area contributed by atoms with E-state index in [2.05, 4.69) is 4.74 Å². The zero-order valence-corrected chi connectivity index (χ0v) is 12.1. The Morgan fingerprint density at radius 3 is 2.15 bits per heavy atom. The number of carbonyl (C=O) groups is 2. The van der Waals surface area contributed by atoms with E-state index in [9.17, 15) is 9.59 Å². The first-order valence-corrected chi connectivity index (χ1v) is 6.14. The van der Waals surface area contributed by atoms with Crippen LogP contribution >= 0.6 is 0 Å². The van der Waals surface area contributed by atoms with Gasteiger partial charge in [0.2, 0.25) is 0 Å². The van der Waals surface area contributed by atoms with Crippen LogP contribution in [0.4, 0.5) is 0 Å². The van der Waals surface area contributed by atoms with Crippen LogP contribution in [-0.2, 0) is 9.53 Å². The number of allylic oxidation sites excluding steroid dienone is 1. The van der Waals surface area contributed by atoms with E-state index in [1.54, 1.807) is 45.0 Å². The quantitative estimate of drug-likeness (QED) is 0.481. The number of methoxy groups -OCH3 is 1. The number of rotatable bonds is 3. The SMILES string of the molecule is COC(=O)c1ccc(/C=C(\C#N)C(=O)C(C)(C)C)cc1. The topological polar surface area (TPSA) is 67.2 Å². The summed E-state index contributed by atoms with van der Waals surface area (Å²) < 4.78 is 4.60. The van der Waals surface area contributed by atoms with E-state index >= 15 is 0 Å². The van der Waals surface area contributed by atoms with Gasteiger partial charge in [0.1, 0.15) is 6.07 Å². The van der Waals surface area contributed by atoms with Crippen LogP contribution in [0, 0.1) is 16.7 Å². The number of nitriles is 1. The summed E-state index contributed by atoms with van der Waals surface area (Å²) in [7, 11) is 1.31. The Labute approximate surface area is 118 Å². The van der Waals surface area contributed by atoms with E-state index in [0.29, 0.717) is 11.1 Å². The Hall–Kier alpha value is -2.41. The number of Topliss-reactive ketones (excluding diaryl/α,β-unsaturated/α-hetero) is 1. The number of esters is 1. The molecular formula is C16H17NO3. The molecule has 0 heterocycles. The minimum atomic E-state index is -0.604. The molecule has 0 spiro atoms. The van der Waals surface area contributed by atoms with Crippen LogP contribution in [-0.4, -0.2) is 18.9 Å². The van der Waals surface area contributed by atoms with Gasteiger partial charge in [0.15, 0.2) is 5.78 Å². The first-order valence-electron chi connectivity index (χ1n) is 6.14. The maximum atomic E-state index is 12.1. The molecule has 0 radical (unpaired) electrons. The van der Waals surface area contributed by atoms with Gasteiger partial charge in [0.05, 0.1) is 18.2 Å². The highest BCUT2D eigenvalue weighted by Gasteiger charge is 2.24. The summed E-state index contributed by atoms with van der Waals surface area (Å²) in [5.41, 5.74) is 0.605. The number of hydrogen-bond acceptors (Lipinski definition) is 4. The van der Waals surface area contributed by atoms with Crippen molar-refractivity contribution < 1.29 is 14.3 Å². The van der Waals surface area contributed by atoms with Gasteiger partial charge in [-0.2, -0.15) is 5.26 Å². The molecule has 0 amide bonds. The van der Waals surface area contributed by atoms with Crippen LogP contribution in [0.25, 0.3) is 6.08 Å². The lowest BCUT2D eigenvalue weighted by Crippen LogP contribution is -2.21. The smallest absolute Gasteiger partial charge is 0.337 e. The average Bonchev–Trinajstić information content (AvgIpc) is 2.42. The maximum Gasteiger partial charge on any atom is 0.337 e. The highest BCUT2D eigenvalue weighted by atomic mass is 16.5. The fourth-order valence-corrected chi connectivity index (χ4v) is 1.55. The summed E-state index contributed by atoms with van der Waals surface area (Å²) in [6.07, 6.45) is 1.52. The molecule has 0 saturated carbocycles. The van der Waals surface area contributed by atoms with Crippen LogP contribution in [0.5, 0.6) is 0 Å². The molecule has 0 aliphatic heterocycles. The molecule has 104 valence electrons. The zero-order valence-electron chi connectivity index (χ0n) is 12.1. The Balaban J connectivity index is 3.07. The minimum Gasteiger partial charge on any atom is -0.465 e. The molecule has 0 N–H and O–H groups in total. The molecule has 4 nitrogen and oxygen atoms in total. The molecule has 20 heavy (non-hydrogen) atoms. The summed E-state index contributed by atoms with van der Waals surface area (Å²) >= 11 is 0. The number of ether oxygens (including phenoxy) is 1. The molecule has 4 heteroatoms. The second kappa shape index (κ2) is 6.16. The zero-order chi connectivity index (χ0) is 15.3. The molecule has 0 aliphatic rings. The minimum absolute atomic E-state index is 0.100. The molecule has 0 aliphatic carbocycles. The lowest BCUT2D eigenvalue weighted by molar-refractivity contribution is -0.121. The van der Waals surface area contributed by atoms with Crippen LogP contribution in [0.2, 0.25) is 0 Å². The third-order valence-electron chi connectivity index (χ3n) is 2.69. The van der Waals surface area contributed by atoms with Gasteiger partial charge in [-0.1, -0.05) is 32.9 Å². The Kier molecular flexibility index (Phi) is 4.82. The number of carbonyl (C=O) groups excluding carboxylic acids is 2. The Morgan fingerprint density at radius 2 is 1.75 bits per heavy atom. The molecule has 0 fully saturated rings. The molecule has 1 aromatic rings. The van der Waals surface area contributed by atoms with Gasteiger partial charge < -0.3 is 4.74 Å². The van der Waals surface area contributed by atoms with Gasteiger partial charge in [0, 0.05) is 5.41 Å². The molecule has 0 saturated heterocycles. The van der Waals surface area contributed by atoms with Crippen LogP contribution in [0.1, 0.15) is 36.7 Å². The van der Waals surface area contributed by atoms with E-state index < -0.39 is 11.4 Å². The van der Waals surface area contributed by atoms with Crippen LogP contribution < -0.4 is 0 Å². The third-order valence-corrected chi connectivity index (χ3v) is 2.69. The van der Waals surface area contributed by atoms with E-state index in [1.165, 1.54) is 13.2 Å². The van der Waals surface area contributed by atoms with Crippen molar-refractivity contribution in [3.63, 3.8) is 0 Å². The van der Waals surface area contributed by atoms with Crippen LogP contribution in [0.15, 0.2) is 29.8 Å². The predicted molar refractivity (Wildman–Crippen MR) is 75.8 cm³/mol. The van der Waals surface area contributed by atoms with Crippen LogP contribution in [0.3, 0.4) is 0 Å². The summed E-state index contributed by atoms with van der Waals surface area (Å²) in [6.45, 7) is 5.29. The predicted octanol–water partition coefficient (Wildman–Crippen LogP) is 3.00. The van der Waals surface area contributed by atoms with Crippen molar-refractivity contribution in [1.29, 1.82) is 5.26 Å². The van der Waals surface area contributed by atoms with Crippen molar-refractivity contribution in [2.24, 2.45) is 5.41 Å². The number of hydrogen-bond donors (Lipinski definition) is 0. The third kappa shape index (κ3) is 3.79. The molecular weight excluding hydrogens is 254 g/mol. The highest BCUT2D eigenvalue weighted by molar-refractivity contribution is 6.06. The molecule has 1 rings (SSSR count). The van der Waals surface area contributed by atoms with Crippen molar-refractivity contribution in [1.82, 2.24) is 0 Å². The van der Waals surface area contributed by atoms with Gasteiger partial charge in [-0.25, -0.2) is 4.79 Å². The van der Waals surface area contributed by atoms with E-state index in [1.807, 2.05) is 6.07 Å². The lowest BCUT2D eigenvalue weighted by atomic mass is 9.86. The van der Waals surface area contributed by atoms with E-state index in [4.69, 9.17) is 5.26 Å². The molecule has 0 atom stereocenters. The second-order valence-corrected chi connectivity index (χ2v) is 5.36. The van der Waals surface area contributed by atoms with E-state index in [-0.39, 0.29) is 11.4 Å². The lowest BCUT2D eigenvalue weighted by Gasteiger charge is -2.15. The fourth-order valence-electron chi connectivity index (χ4n) is 1.55. The molecule has 1 aromatic carbocycles. The average molecular weight is 271 g/mol. The van der Waals surface area contributed by atoms with Gasteiger partial charge >= 0.3 is 5.97 Å². The first kappa shape index (κ1) is 15.6. The monoisotopic (exact) mass is 271 g/mol. The van der Waals surface area contributed by atoms with Gasteiger partial charge in [-0.15, -0.1) is 0 Å². The molecule has 0 bridgehead atoms. The van der Waals surface area contributed by atoms with Crippen molar-refractivity contribution in [2.75, 3.05) is 7.11 Å². The Morgan fingerprint density at radius 1 is 1.20 bits per heavy atom. The fraction of sp³-hybridized carbons (Fsp3) is 0.312. The summed E-state index contributed by atoms with van der Waals surface area (Å²) in [5.74, 6) is -0.635. The van der Waals surface area contributed by atoms with Gasteiger partial charge in [-0.05, 0) is 23.8 Å². The number of benzene rings is 1. The van der Waals surface area contributed by atoms with Gasteiger partial charge in [-0.3, -0.25) is 4.79 Å². The molecule has 0 aromatic heterocycles. The Bertz CT molecular complexity index is 584. The number of ketones is 1. The van der Waals surface area contributed by atoms with Crippen molar-refractivity contribution >= 4 is 17.8 Å². The second-order valence-electron chi connectivity index (χ2n) is 5.36. The van der Waals surface area contributed by atoms with Gasteiger partial charge in [0.25, 0.3) is 0 Å². The standard InChI is InChI=1S/C16H17NO3/c1-16(2,3)14(18)13(10-17)9-11-5-7-12(8-6-11)15(19)20-4/h5-9H,1-4H3/b13-9+. The summed E-state index contributed by atoms with van der Waals surface area (Å²) in [6, 6.07) is 8.44. The first-order chi connectivity index (χ1) is 9.29. The number of nitrogens with zero attached hydrogens (tertiary/aromatic N) is 1. The summed E-state index contributed by atoms with van der Waals surface area (Å²) in [5, 5.41) is 9.09. The largest absolute Gasteiger partial charge is 0.465 e.